The summed E-state index contributed by atoms with van der Waals surface area (Å²) in [5.74, 6) is 0. The Kier molecular flexibility index (Phi) is 4.24. The van der Waals surface area contributed by atoms with E-state index in [2.05, 4.69) is 0 Å². The minimum Gasteiger partial charge on any atom is -0.305 e. The van der Waals surface area contributed by atoms with Crippen LogP contribution in [-0.2, 0) is 13.1 Å². The maximum atomic E-state index is 12.3. The van der Waals surface area contributed by atoms with Crippen molar-refractivity contribution in [2.45, 2.75) is 20.0 Å². The van der Waals surface area contributed by atoms with Crippen LogP contribution >= 0.6 is 0 Å². The van der Waals surface area contributed by atoms with Crippen molar-refractivity contribution in [2.24, 2.45) is 0 Å². The molecule has 0 amide bonds. The third-order valence-electron chi connectivity index (χ3n) is 3.80. The second-order valence-corrected chi connectivity index (χ2v) is 5.64. The van der Waals surface area contributed by atoms with E-state index in [9.17, 15) is 9.59 Å². The number of hydrogen-bond donors (Lipinski definition) is 0. The summed E-state index contributed by atoms with van der Waals surface area (Å²) in [4.78, 5) is 24.5. The van der Waals surface area contributed by atoms with E-state index in [1.165, 1.54) is 14.7 Å². The van der Waals surface area contributed by atoms with Crippen molar-refractivity contribution in [3.05, 3.63) is 104 Å². The minimum absolute atomic E-state index is 0.403. The molecule has 0 unspecified atom stereocenters. The summed E-state index contributed by atoms with van der Waals surface area (Å²) >= 11 is 0. The topological polar surface area (TPSA) is 44.0 Å². The van der Waals surface area contributed by atoms with Crippen LogP contribution in [0, 0.1) is 6.92 Å². The summed E-state index contributed by atoms with van der Waals surface area (Å²) in [6, 6.07) is 17.6. The molecule has 0 saturated heterocycles. The molecule has 1 aromatic heterocycles. The Morgan fingerprint density at radius 3 is 1.70 bits per heavy atom. The molecule has 1 heterocycles. The van der Waals surface area contributed by atoms with Gasteiger partial charge in [0.2, 0.25) is 0 Å². The van der Waals surface area contributed by atoms with E-state index in [1.54, 1.807) is 12.4 Å². The van der Waals surface area contributed by atoms with Gasteiger partial charge in [-0.15, -0.1) is 0 Å². The van der Waals surface area contributed by atoms with Gasteiger partial charge in [0, 0.05) is 12.4 Å². The first kappa shape index (κ1) is 15.0. The molecule has 0 aliphatic heterocycles. The summed E-state index contributed by atoms with van der Waals surface area (Å²) in [6.45, 7) is 2.82. The second-order valence-electron chi connectivity index (χ2n) is 5.64. The predicted octanol–water partition coefficient (Wildman–Crippen LogP) is 2.42. The van der Waals surface area contributed by atoms with E-state index < -0.39 is 11.1 Å². The molecule has 0 atom stereocenters. The molecule has 0 aliphatic rings. The maximum Gasteiger partial charge on any atom is 0.316 e. The van der Waals surface area contributed by atoms with Crippen LogP contribution in [0.1, 0.15) is 16.7 Å². The van der Waals surface area contributed by atoms with Gasteiger partial charge in [-0.3, -0.25) is 9.59 Å². The molecule has 0 saturated carbocycles. The molecular formula is C19H18N2O2. The first-order valence-corrected chi connectivity index (χ1v) is 7.53. The van der Waals surface area contributed by atoms with Crippen molar-refractivity contribution in [3.63, 3.8) is 0 Å². The molecule has 0 N–H and O–H groups in total. The normalized spacial score (nSPS) is 10.7. The Balaban J connectivity index is 1.87. The van der Waals surface area contributed by atoms with Crippen molar-refractivity contribution in [2.75, 3.05) is 0 Å². The molecule has 4 nitrogen and oxygen atoms in total. The number of benzene rings is 2. The number of rotatable bonds is 4. The molecule has 2 aromatic carbocycles. The van der Waals surface area contributed by atoms with E-state index in [1.807, 2.05) is 61.5 Å². The van der Waals surface area contributed by atoms with Crippen LogP contribution in [0.15, 0.2) is 76.6 Å². The quantitative estimate of drug-likeness (QED) is 0.695. The zero-order valence-corrected chi connectivity index (χ0v) is 13.0. The monoisotopic (exact) mass is 306 g/mol. The third-order valence-corrected chi connectivity index (χ3v) is 3.80. The Morgan fingerprint density at radius 2 is 1.17 bits per heavy atom. The van der Waals surface area contributed by atoms with Gasteiger partial charge < -0.3 is 9.13 Å². The molecule has 0 aliphatic carbocycles. The maximum absolute atomic E-state index is 12.3. The molecule has 0 radical (unpaired) electrons. The second kappa shape index (κ2) is 6.48. The van der Waals surface area contributed by atoms with Crippen molar-refractivity contribution in [3.8, 4) is 0 Å². The van der Waals surface area contributed by atoms with Crippen LogP contribution in [0.3, 0.4) is 0 Å². The Labute approximate surface area is 134 Å². The molecule has 116 valence electrons. The highest BCUT2D eigenvalue weighted by molar-refractivity contribution is 5.21. The van der Waals surface area contributed by atoms with Gasteiger partial charge >= 0.3 is 11.1 Å². The molecule has 23 heavy (non-hydrogen) atoms. The zero-order valence-electron chi connectivity index (χ0n) is 13.0. The molecule has 4 heteroatoms. The fraction of sp³-hybridized carbons (Fsp3) is 0.158. The molecule has 3 rings (SSSR count). The molecular weight excluding hydrogens is 288 g/mol. The SMILES string of the molecule is Cc1ccc(Cn2ccn(Cc3ccccc3)c(=O)c2=O)cc1. The number of nitrogens with zero attached hydrogens (tertiary/aromatic N) is 2. The number of aryl methyl sites for hydroxylation is 1. The van der Waals surface area contributed by atoms with Gasteiger partial charge in [-0.25, -0.2) is 0 Å². The lowest BCUT2D eigenvalue weighted by atomic mass is 10.1. The van der Waals surface area contributed by atoms with Gasteiger partial charge in [0.15, 0.2) is 0 Å². The fourth-order valence-corrected chi connectivity index (χ4v) is 2.46. The number of aromatic nitrogens is 2. The summed E-state index contributed by atoms with van der Waals surface area (Å²) in [5.41, 5.74) is 2.16. The third kappa shape index (κ3) is 3.48. The summed E-state index contributed by atoms with van der Waals surface area (Å²) < 4.78 is 2.90. The smallest absolute Gasteiger partial charge is 0.305 e. The molecule has 0 fully saturated rings. The van der Waals surface area contributed by atoms with Crippen LogP contribution < -0.4 is 11.1 Å². The lowest BCUT2D eigenvalue weighted by Gasteiger charge is -2.09. The van der Waals surface area contributed by atoms with Crippen molar-refractivity contribution >= 4 is 0 Å². The highest BCUT2D eigenvalue weighted by Gasteiger charge is 2.06. The summed E-state index contributed by atoms with van der Waals surface area (Å²) in [7, 11) is 0. The van der Waals surface area contributed by atoms with E-state index in [0.717, 1.165) is 11.1 Å². The average Bonchev–Trinajstić information content (AvgIpc) is 2.57. The summed E-state index contributed by atoms with van der Waals surface area (Å²) in [5, 5.41) is 0. The van der Waals surface area contributed by atoms with Crippen LogP contribution in [0.2, 0.25) is 0 Å². The fourth-order valence-electron chi connectivity index (χ4n) is 2.46. The van der Waals surface area contributed by atoms with Crippen molar-refractivity contribution < 1.29 is 0 Å². The van der Waals surface area contributed by atoms with Gasteiger partial charge in [0.25, 0.3) is 0 Å². The lowest BCUT2D eigenvalue weighted by molar-refractivity contribution is 0.666. The van der Waals surface area contributed by atoms with Gasteiger partial charge in [-0.1, -0.05) is 60.2 Å². The van der Waals surface area contributed by atoms with Crippen LogP contribution in [0.4, 0.5) is 0 Å². The highest BCUT2D eigenvalue weighted by Crippen LogP contribution is 2.04. The van der Waals surface area contributed by atoms with E-state index in [4.69, 9.17) is 0 Å². The Morgan fingerprint density at radius 1 is 0.696 bits per heavy atom. The Bertz CT molecular complexity index is 907. The van der Waals surface area contributed by atoms with Crippen molar-refractivity contribution in [1.82, 2.24) is 9.13 Å². The van der Waals surface area contributed by atoms with Crippen LogP contribution in [-0.4, -0.2) is 9.13 Å². The molecule has 3 aromatic rings. The van der Waals surface area contributed by atoms with Gasteiger partial charge in [-0.2, -0.15) is 0 Å². The average molecular weight is 306 g/mol. The zero-order chi connectivity index (χ0) is 16.2. The van der Waals surface area contributed by atoms with Gasteiger partial charge in [-0.05, 0) is 18.1 Å². The van der Waals surface area contributed by atoms with Crippen LogP contribution in [0.5, 0.6) is 0 Å². The standard InChI is InChI=1S/C19H18N2O2/c1-15-7-9-17(10-8-15)14-21-12-11-20(18(22)19(21)23)13-16-5-3-2-4-6-16/h2-12H,13-14H2,1H3. The first-order chi connectivity index (χ1) is 11.1. The van der Waals surface area contributed by atoms with E-state index in [-0.39, 0.29) is 0 Å². The van der Waals surface area contributed by atoms with E-state index in [0.29, 0.717) is 13.1 Å². The molecule has 0 bridgehead atoms. The number of hydrogen-bond acceptors (Lipinski definition) is 2. The van der Waals surface area contributed by atoms with Crippen molar-refractivity contribution in [1.29, 1.82) is 0 Å². The van der Waals surface area contributed by atoms with Gasteiger partial charge in [0.1, 0.15) is 0 Å². The molecule has 0 spiro atoms. The summed E-state index contributed by atoms with van der Waals surface area (Å²) in [6.07, 6.45) is 3.34. The first-order valence-electron chi connectivity index (χ1n) is 7.53. The lowest BCUT2D eigenvalue weighted by Crippen LogP contribution is -2.40. The van der Waals surface area contributed by atoms with Gasteiger partial charge in [0.05, 0.1) is 13.1 Å². The largest absolute Gasteiger partial charge is 0.316 e. The van der Waals surface area contributed by atoms with E-state index >= 15 is 0 Å². The Hall–Kier alpha value is -2.88. The minimum atomic E-state index is -0.497. The van der Waals surface area contributed by atoms with Crippen LogP contribution in [0.25, 0.3) is 0 Å². The predicted molar refractivity (Wildman–Crippen MR) is 90.8 cm³/mol. The highest BCUT2D eigenvalue weighted by atomic mass is 16.2.